The highest BCUT2D eigenvalue weighted by atomic mass is 19.1. The Morgan fingerprint density at radius 3 is 2.47 bits per heavy atom. The third-order valence-electron chi connectivity index (χ3n) is 4.53. The molecule has 0 aliphatic carbocycles. The molecule has 0 saturated heterocycles. The van der Waals surface area contributed by atoms with Crippen LogP contribution >= 0.6 is 0 Å². The number of nitrogens with one attached hydrogen (secondary N) is 1. The summed E-state index contributed by atoms with van der Waals surface area (Å²) in [4.78, 5) is 24.1. The van der Waals surface area contributed by atoms with E-state index in [2.05, 4.69) is 5.32 Å². The summed E-state index contributed by atoms with van der Waals surface area (Å²) >= 11 is 0. The van der Waals surface area contributed by atoms with Crippen molar-refractivity contribution in [3.05, 3.63) is 83.7 Å². The van der Waals surface area contributed by atoms with Crippen LogP contribution in [0.5, 0.6) is 5.75 Å². The van der Waals surface area contributed by atoms with Gasteiger partial charge in [-0.2, -0.15) is 0 Å². The normalized spacial score (nSPS) is 12.0. The summed E-state index contributed by atoms with van der Waals surface area (Å²) in [5, 5.41) is 4.70. The molecule has 0 aliphatic rings. The van der Waals surface area contributed by atoms with Crippen molar-refractivity contribution in [1.29, 1.82) is 0 Å². The fourth-order valence-electron chi connectivity index (χ4n) is 2.84. The molecule has 0 aliphatic heterocycles. The zero-order valence-corrected chi connectivity index (χ0v) is 16.7. The molecule has 1 amide bonds. The molecule has 0 saturated carbocycles. The molecule has 30 heavy (non-hydrogen) atoms. The number of halogens is 1. The van der Waals surface area contributed by atoms with Crippen molar-refractivity contribution in [2.45, 2.75) is 19.6 Å². The van der Waals surface area contributed by atoms with Gasteiger partial charge in [0.25, 0.3) is 5.91 Å². The fourth-order valence-corrected chi connectivity index (χ4v) is 2.84. The summed E-state index contributed by atoms with van der Waals surface area (Å²) in [7, 11) is 1.62. The van der Waals surface area contributed by atoms with Gasteiger partial charge in [0.1, 0.15) is 11.6 Å². The molecule has 5 nitrogen and oxygen atoms in total. The number of amides is 1. The minimum absolute atomic E-state index is 0.221. The van der Waals surface area contributed by atoms with Crippen LogP contribution in [0.2, 0.25) is 0 Å². The lowest BCUT2D eigenvalue weighted by Gasteiger charge is -2.12. The highest BCUT2D eigenvalue weighted by Gasteiger charge is 2.16. The van der Waals surface area contributed by atoms with Crippen LogP contribution in [0, 0.1) is 5.82 Å². The maximum absolute atomic E-state index is 12.9. The smallest absolute Gasteiger partial charge is 0.331 e. The first-order valence-electron chi connectivity index (χ1n) is 9.43. The number of rotatable bonds is 7. The third-order valence-corrected chi connectivity index (χ3v) is 4.53. The van der Waals surface area contributed by atoms with E-state index in [1.54, 1.807) is 25.3 Å². The molecular weight excluding hydrogens is 385 g/mol. The zero-order valence-electron chi connectivity index (χ0n) is 16.7. The molecule has 3 rings (SSSR count). The summed E-state index contributed by atoms with van der Waals surface area (Å²) in [6, 6.07) is 17.3. The van der Waals surface area contributed by atoms with Gasteiger partial charge in [-0.1, -0.05) is 30.3 Å². The van der Waals surface area contributed by atoms with Gasteiger partial charge < -0.3 is 14.8 Å². The maximum Gasteiger partial charge on any atom is 0.331 e. The van der Waals surface area contributed by atoms with Crippen molar-refractivity contribution in [1.82, 2.24) is 5.32 Å². The molecule has 6 heteroatoms. The molecule has 0 spiro atoms. The Morgan fingerprint density at radius 2 is 1.73 bits per heavy atom. The van der Waals surface area contributed by atoms with E-state index < -0.39 is 18.0 Å². The second-order valence-electron chi connectivity index (χ2n) is 6.73. The van der Waals surface area contributed by atoms with Gasteiger partial charge in [0, 0.05) is 12.6 Å². The Hall–Kier alpha value is -3.67. The zero-order chi connectivity index (χ0) is 21.5. The minimum Gasteiger partial charge on any atom is -0.497 e. The summed E-state index contributed by atoms with van der Waals surface area (Å²) in [6.07, 6.45) is 1.97. The van der Waals surface area contributed by atoms with Crippen LogP contribution in [-0.4, -0.2) is 25.1 Å². The lowest BCUT2D eigenvalue weighted by atomic mass is 10.1. The van der Waals surface area contributed by atoms with Crippen LogP contribution in [0.3, 0.4) is 0 Å². The van der Waals surface area contributed by atoms with E-state index in [-0.39, 0.29) is 12.4 Å². The standard InChI is InChI=1S/C24H22FNO4/c1-16(24(28)26-15-18-4-9-21(25)10-5-18)30-23(27)12-6-17-3-7-20-14-22(29-2)11-8-19(20)13-17/h3-14,16H,15H2,1-2H3,(H,26,28)/b12-6+/t16-/m0/s1. The average molecular weight is 407 g/mol. The molecule has 154 valence electrons. The van der Waals surface area contributed by atoms with Crippen LogP contribution in [0.15, 0.2) is 66.7 Å². The number of carbonyl (C=O) groups excluding carboxylic acids is 2. The lowest BCUT2D eigenvalue weighted by molar-refractivity contribution is -0.150. The third kappa shape index (κ3) is 5.67. The lowest BCUT2D eigenvalue weighted by Crippen LogP contribution is -2.35. The van der Waals surface area contributed by atoms with Crippen molar-refractivity contribution in [3.63, 3.8) is 0 Å². The Morgan fingerprint density at radius 1 is 1.03 bits per heavy atom. The second-order valence-corrected chi connectivity index (χ2v) is 6.73. The van der Waals surface area contributed by atoms with Crippen molar-refractivity contribution in [2.24, 2.45) is 0 Å². The van der Waals surface area contributed by atoms with Gasteiger partial charge in [-0.15, -0.1) is 0 Å². The summed E-state index contributed by atoms with van der Waals surface area (Å²) in [6.45, 7) is 1.72. The molecule has 0 fully saturated rings. The van der Waals surface area contributed by atoms with Crippen LogP contribution in [0.1, 0.15) is 18.1 Å². The van der Waals surface area contributed by atoms with E-state index in [9.17, 15) is 14.0 Å². The molecule has 0 unspecified atom stereocenters. The summed E-state index contributed by atoms with van der Waals surface area (Å²) in [5.41, 5.74) is 1.58. The monoisotopic (exact) mass is 407 g/mol. The maximum atomic E-state index is 12.9. The molecule has 3 aromatic rings. The number of methoxy groups -OCH3 is 1. The van der Waals surface area contributed by atoms with E-state index in [0.717, 1.165) is 27.6 Å². The summed E-state index contributed by atoms with van der Waals surface area (Å²) in [5.74, 6) is -0.610. The van der Waals surface area contributed by atoms with Crippen molar-refractivity contribution in [2.75, 3.05) is 7.11 Å². The van der Waals surface area contributed by atoms with Gasteiger partial charge in [0.15, 0.2) is 6.10 Å². The van der Waals surface area contributed by atoms with Crippen molar-refractivity contribution >= 4 is 28.7 Å². The fraction of sp³-hybridized carbons (Fsp3) is 0.167. The largest absolute Gasteiger partial charge is 0.497 e. The molecule has 3 aromatic carbocycles. The number of ether oxygens (including phenoxy) is 2. The minimum atomic E-state index is -0.952. The van der Waals surface area contributed by atoms with E-state index in [1.807, 2.05) is 36.4 Å². The number of carbonyl (C=O) groups is 2. The Labute approximate surface area is 174 Å². The van der Waals surface area contributed by atoms with Crippen molar-refractivity contribution in [3.8, 4) is 5.75 Å². The number of fused-ring (bicyclic) bond motifs is 1. The highest BCUT2D eigenvalue weighted by Crippen LogP contribution is 2.22. The molecular formula is C24H22FNO4. The molecule has 0 radical (unpaired) electrons. The van der Waals surface area contributed by atoms with Crippen LogP contribution < -0.4 is 10.1 Å². The Bertz CT molecular complexity index is 1080. The van der Waals surface area contributed by atoms with Crippen molar-refractivity contribution < 1.29 is 23.5 Å². The van der Waals surface area contributed by atoms with Gasteiger partial charge in [0.2, 0.25) is 0 Å². The number of benzene rings is 3. The first-order chi connectivity index (χ1) is 14.4. The predicted octanol–water partition coefficient (Wildman–Crippen LogP) is 4.25. The molecule has 0 heterocycles. The number of hydrogen-bond donors (Lipinski definition) is 1. The highest BCUT2D eigenvalue weighted by molar-refractivity contribution is 5.92. The first-order valence-corrected chi connectivity index (χ1v) is 9.43. The summed E-state index contributed by atoms with van der Waals surface area (Å²) < 4.78 is 23.3. The van der Waals surface area contributed by atoms with Gasteiger partial charge in [0.05, 0.1) is 7.11 Å². The van der Waals surface area contributed by atoms with E-state index in [4.69, 9.17) is 9.47 Å². The molecule has 0 bridgehead atoms. The Balaban J connectivity index is 1.53. The SMILES string of the molecule is COc1ccc2cc(/C=C/C(=O)O[C@@H](C)C(=O)NCc3ccc(F)cc3)ccc2c1. The van der Waals surface area contributed by atoms with Crippen LogP contribution in [0.4, 0.5) is 4.39 Å². The van der Waals surface area contributed by atoms with E-state index in [1.165, 1.54) is 25.1 Å². The first kappa shape index (κ1) is 21.0. The topological polar surface area (TPSA) is 64.6 Å². The number of esters is 1. The molecule has 1 N–H and O–H groups in total. The van der Waals surface area contributed by atoms with Gasteiger partial charge in [-0.05, 0) is 65.2 Å². The quantitative estimate of drug-likeness (QED) is 0.470. The van der Waals surface area contributed by atoms with Crippen LogP contribution in [0.25, 0.3) is 16.8 Å². The Kier molecular flexibility index (Phi) is 6.80. The predicted molar refractivity (Wildman–Crippen MR) is 113 cm³/mol. The average Bonchev–Trinajstić information content (AvgIpc) is 2.76. The number of hydrogen-bond acceptors (Lipinski definition) is 4. The molecule has 1 atom stereocenters. The van der Waals surface area contributed by atoms with Gasteiger partial charge >= 0.3 is 5.97 Å². The van der Waals surface area contributed by atoms with E-state index >= 15 is 0 Å². The van der Waals surface area contributed by atoms with Crippen LogP contribution in [-0.2, 0) is 20.9 Å². The second kappa shape index (κ2) is 9.69. The molecule has 0 aromatic heterocycles. The van der Waals surface area contributed by atoms with Gasteiger partial charge in [-0.25, -0.2) is 9.18 Å². The van der Waals surface area contributed by atoms with E-state index in [0.29, 0.717) is 0 Å². The van der Waals surface area contributed by atoms with Gasteiger partial charge in [-0.3, -0.25) is 4.79 Å².